The Morgan fingerprint density at radius 3 is 1.17 bits per heavy atom. The molecule has 10 heteroatoms. The lowest BCUT2D eigenvalue weighted by Crippen LogP contribution is -2.26. The lowest BCUT2D eigenvalue weighted by Gasteiger charge is -2.22. The minimum Gasteiger partial charge on any atom is -0.506 e. The lowest BCUT2D eigenvalue weighted by molar-refractivity contribution is 0.0964. The zero-order valence-corrected chi connectivity index (χ0v) is 14.2. The molecular formula is C14H2Br2F4O4. The molecule has 0 spiro atoms. The zero-order chi connectivity index (χ0) is 18.1. The third kappa shape index (κ3) is 1.89. The normalized spacial score (nSPS) is 13.1. The number of carbonyl (C=O) groups is 2. The molecule has 124 valence electrons. The Morgan fingerprint density at radius 2 is 0.875 bits per heavy atom. The van der Waals surface area contributed by atoms with Crippen LogP contribution in [0.2, 0.25) is 0 Å². The van der Waals surface area contributed by atoms with Crippen LogP contribution in [0.4, 0.5) is 17.6 Å². The maximum absolute atomic E-state index is 13.9. The van der Waals surface area contributed by atoms with Crippen molar-refractivity contribution in [2.75, 3.05) is 0 Å². The van der Waals surface area contributed by atoms with Gasteiger partial charge in [0.2, 0.25) is 11.6 Å². The number of fused-ring (bicyclic) bond motifs is 2. The van der Waals surface area contributed by atoms with Gasteiger partial charge in [-0.25, -0.2) is 17.6 Å². The molecule has 0 radical (unpaired) electrons. The standard InChI is InChI=1S/C14H2Br2F4O4/c15-5-6(16)14(24)4-3(13(5)23)11(21)1-2(12(4)22)8(18)10(20)9(19)7(1)17/h23-24H. The molecule has 2 N–H and O–H groups in total. The number of aromatic hydroxyl groups is 2. The number of ketones is 2. The Morgan fingerprint density at radius 1 is 0.583 bits per heavy atom. The van der Waals surface area contributed by atoms with Crippen LogP contribution < -0.4 is 0 Å². The third-order valence-corrected chi connectivity index (χ3v) is 5.58. The molecule has 0 aliphatic heterocycles. The van der Waals surface area contributed by atoms with Gasteiger partial charge in [-0.3, -0.25) is 9.59 Å². The smallest absolute Gasteiger partial charge is 0.201 e. The maximum atomic E-state index is 13.9. The Kier molecular flexibility index (Phi) is 3.72. The fourth-order valence-electron chi connectivity index (χ4n) is 2.41. The van der Waals surface area contributed by atoms with E-state index in [-0.39, 0.29) is 8.95 Å². The van der Waals surface area contributed by atoms with Gasteiger partial charge in [0.05, 0.1) is 31.2 Å². The molecule has 0 saturated heterocycles. The Hall–Kier alpha value is -1.94. The van der Waals surface area contributed by atoms with E-state index in [1.165, 1.54) is 0 Å². The number of hydrogen-bond donors (Lipinski definition) is 2. The van der Waals surface area contributed by atoms with Gasteiger partial charge >= 0.3 is 0 Å². The highest BCUT2D eigenvalue weighted by Crippen LogP contribution is 2.48. The number of phenols is 2. The van der Waals surface area contributed by atoms with Crippen molar-refractivity contribution in [3.05, 3.63) is 54.5 Å². The summed E-state index contributed by atoms with van der Waals surface area (Å²) in [6, 6.07) is 0. The van der Waals surface area contributed by atoms with Crippen molar-refractivity contribution < 1.29 is 37.4 Å². The summed E-state index contributed by atoms with van der Waals surface area (Å²) in [5, 5.41) is 20.0. The molecule has 24 heavy (non-hydrogen) atoms. The van der Waals surface area contributed by atoms with Crippen LogP contribution in [0.5, 0.6) is 11.5 Å². The van der Waals surface area contributed by atoms with Crippen LogP contribution in [-0.2, 0) is 0 Å². The van der Waals surface area contributed by atoms with Crippen LogP contribution in [0, 0.1) is 23.3 Å². The number of benzene rings is 2. The summed E-state index contributed by atoms with van der Waals surface area (Å²) < 4.78 is 54.2. The molecule has 0 fully saturated rings. The van der Waals surface area contributed by atoms with Gasteiger partial charge in [-0.2, -0.15) is 0 Å². The molecule has 3 rings (SSSR count). The maximum Gasteiger partial charge on any atom is 0.201 e. The van der Waals surface area contributed by atoms with Crippen molar-refractivity contribution >= 4 is 43.4 Å². The van der Waals surface area contributed by atoms with Crippen molar-refractivity contribution in [3.8, 4) is 11.5 Å². The Labute approximate surface area is 147 Å². The first-order valence-electron chi connectivity index (χ1n) is 5.99. The molecule has 2 aromatic rings. The highest BCUT2D eigenvalue weighted by molar-refractivity contribution is 9.13. The molecule has 0 atom stereocenters. The van der Waals surface area contributed by atoms with E-state index in [1.54, 1.807) is 0 Å². The number of halogens is 6. The topological polar surface area (TPSA) is 74.6 Å². The molecule has 2 aromatic carbocycles. The quantitative estimate of drug-likeness (QED) is 0.226. The number of hydrogen-bond acceptors (Lipinski definition) is 4. The minimum absolute atomic E-state index is 0.244. The second kappa shape index (κ2) is 5.28. The van der Waals surface area contributed by atoms with Crippen molar-refractivity contribution in [1.82, 2.24) is 0 Å². The van der Waals surface area contributed by atoms with Crippen LogP contribution in [0.15, 0.2) is 8.95 Å². The van der Waals surface area contributed by atoms with Gasteiger partial charge < -0.3 is 10.2 Å². The SMILES string of the molecule is O=C1c2c(O)c(Br)c(Br)c(O)c2C(=O)c2c(F)c(F)c(F)c(F)c21. The molecule has 1 aliphatic rings. The lowest BCUT2D eigenvalue weighted by atomic mass is 9.82. The molecule has 1 aliphatic carbocycles. The monoisotopic (exact) mass is 468 g/mol. The average molecular weight is 470 g/mol. The first-order valence-corrected chi connectivity index (χ1v) is 7.58. The third-order valence-electron chi connectivity index (χ3n) is 3.51. The predicted molar refractivity (Wildman–Crippen MR) is 78.3 cm³/mol. The summed E-state index contributed by atoms with van der Waals surface area (Å²) in [5.74, 6) is -13.3. The van der Waals surface area contributed by atoms with E-state index in [0.717, 1.165) is 0 Å². The van der Waals surface area contributed by atoms with E-state index >= 15 is 0 Å². The second-order valence-corrected chi connectivity index (χ2v) is 6.33. The second-order valence-electron chi connectivity index (χ2n) is 4.74. The van der Waals surface area contributed by atoms with Gasteiger partial charge in [-0.1, -0.05) is 0 Å². The van der Waals surface area contributed by atoms with Crippen LogP contribution >= 0.6 is 31.9 Å². The largest absolute Gasteiger partial charge is 0.506 e. The fourth-order valence-corrected chi connectivity index (χ4v) is 3.19. The molecule has 0 amide bonds. The average Bonchev–Trinajstić information content (AvgIpc) is 2.55. The molecule has 0 heterocycles. The number of phenolic OH excluding ortho intramolecular Hbond substituents is 2. The molecule has 0 saturated carbocycles. The van der Waals surface area contributed by atoms with E-state index in [1.807, 2.05) is 0 Å². The highest BCUT2D eigenvalue weighted by Gasteiger charge is 2.43. The van der Waals surface area contributed by atoms with E-state index in [2.05, 4.69) is 31.9 Å². The van der Waals surface area contributed by atoms with E-state index in [4.69, 9.17) is 0 Å². The molecule has 0 unspecified atom stereocenters. The summed E-state index contributed by atoms with van der Waals surface area (Å²) in [6.45, 7) is 0. The Bertz CT molecular complexity index is 835. The van der Waals surface area contributed by atoms with Crippen LogP contribution in [0.3, 0.4) is 0 Å². The van der Waals surface area contributed by atoms with Crippen molar-refractivity contribution in [2.45, 2.75) is 0 Å². The molecular weight excluding hydrogens is 468 g/mol. The van der Waals surface area contributed by atoms with Gasteiger partial charge in [0, 0.05) is 0 Å². The summed E-state index contributed by atoms with van der Waals surface area (Å²) in [4.78, 5) is 24.7. The predicted octanol–water partition coefficient (Wildman–Crippen LogP) is 3.95. The number of rotatable bonds is 0. The van der Waals surface area contributed by atoms with Gasteiger partial charge in [0.1, 0.15) is 11.5 Å². The Balaban J connectivity index is 2.53. The zero-order valence-electron chi connectivity index (χ0n) is 11.0. The molecule has 4 nitrogen and oxygen atoms in total. The summed E-state index contributed by atoms with van der Waals surface area (Å²) in [6.07, 6.45) is 0. The van der Waals surface area contributed by atoms with Crippen molar-refractivity contribution in [3.63, 3.8) is 0 Å². The summed E-state index contributed by atoms with van der Waals surface area (Å²) in [7, 11) is 0. The van der Waals surface area contributed by atoms with E-state index in [9.17, 15) is 37.4 Å². The van der Waals surface area contributed by atoms with Crippen LogP contribution in [0.25, 0.3) is 0 Å². The van der Waals surface area contributed by atoms with Gasteiger partial charge in [-0.05, 0) is 31.9 Å². The molecule has 0 aromatic heterocycles. The molecule has 0 bridgehead atoms. The van der Waals surface area contributed by atoms with E-state index < -0.39 is 68.6 Å². The first kappa shape index (κ1) is 16.9. The van der Waals surface area contributed by atoms with E-state index in [0.29, 0.717) is 0 Å². The summed E-state index contributed by atoms with van der Waals surface area (Å²) in [5.41, 5.74) is -4.42. The minimum atomic E-state index is -2.27. The van der Waals surface area contributed by atoms with Gasteiger partial charge in [0.25, 0.3) is 0 Å². The van der Waals surface area contributed by atoms with Crippen molar-refractivity contribution in [1.29, 1.82) is 0 Å². The highest BCUT2D eigenvalue weighted by atomic mass is 79.9. The fraction of sp³-hybridized carbons (Fsp3) is 0. The van der Waals surface area contributed by atoms with Crippen LogP contribution in [0.1, 0.15) is 31.8 Å². The van der Waals surface area contributed by atoms with Crippen LogP contribution in [-0.4, -0.2) is 21.8 Å². The summed E-state index contributed by atoms with van der Waals surface area (Å²) >= 11 is 5.67. The van der Waals surface area contributed by atoms with Gasteiger partial charge in [-0.15, -0.1) is 0 Å². The van der Waals surface area contributed by atoms with Gasteiger partial charge in [0.15, 0.2) is 23.3 Å². The first-order chi connectivity index (χ1) is 11.1. The number of carbonyl (C=O) groups excluding carboxylic acids is 2. The van der Waals surface area contributed by atoms with Crippen molar-refractivity contribution in [2.24, 2.45) is 0 Å².